The van der Waals surface area contributed by atoms with Crippen molar-refractivity contribution in [3.05, 3.63) is 53.2 Å². The molecular formula is C15H12F4N4O2. The molecule has 0 bridgehead atoms. The average Bonchev–Trinajstić information content (AvgIpc) is 3.01. The van der Waals surface area contributed by atoms with Crippen molar-refractivity contribution >= 4 is 11.9 Å². The van der Waals surface area contributed by atoms with Crippen LogP contribution in [0.1, 0.15) is 18.5 Å². The Morgan fingerprint density at radius 3 is 2.72 bits per heavy atom. The van der Waals surface area contributed by atoms with Gasteiger partial charge >= 0.3 is 12.1 Å². The van der Waals surface area contributed by atoms with Crippen LogP contribution in [0, 0.1) is 5.82 Å². The van der Waals surface area contributed by atoms with Gasteiger partial charge in [0.15, 0.2) is 0 Å². The highest BCUT2D eigenvalue weighted by molar-refractivity contribution is 5.92. The van der Waals surface area contributed by atoms with Crippen molar-refractivity contribution in [2.75, 3.05) is 11.9 Å². The first-order valence-electron chi connectivity index (χ1n) is 7.24. The number of rotatable bonds is 3. The summed E-state index contributed by atoms with van der Waals surface area (Å²) in [7, 11) is 0. The largest absolute Gasteiger partial charge is 0.463 e. The zero-order valence-electron chi connectivity index (χ0n) is 12.8. The third-order valence-corrected chi connectivity index (χ3v) is 3.58. The van der Waals surface area contributed by atoms with Gasteiger partial charge in [0.25, 0.3) is 0 Å². The summed E-state index contributed by atoms with van der Waals surface area (Å²) in [5.74, 6) is -2.25. The van der Waals surface area contributed by atoms with Gasteiger partial charge < -0.3 is 10.1 Å². The molecule has 10 heteroatoms. The van der Waals surface area contributed by atoms with Crippen LogP contribution in [0.4, 0.5) is 23.5 Å². The molecule has 1 unspecified atom stereocenters. The summed E-state index contributed by atoms with van der Waals surface area (Å²) in [6.45, 7) is 1.32. The molecule has 0 radical (unpaired) electrons. The van der Waals surface area contributed by atoms with Gasteiger partial charge in [-0.25, -0.2) is 13.9 Å². The summed E-state index contributed by atoms with van der Waals surface area (Å²) in [6.07, 6.45) is -3.89. The highest BCUT2D eigenvalue weighted by atomic mass is 19.4. The van der Waals surface area contributed by atoms with Gasteiger partial charge in [0.05, 0.1) is 12.2 Å². The Hall–Kier alpha value is -2.91. The van der Waals surface area contributed by atoms with Gasteiger partial charge in [-0.2, -0.15) is 23.3 Å². The number of fused-ring (bicyclic) bond motifs is 1. The van der Waals surface area contributed by atoms with E-state index in [9.17, 15) is 22.4 Å². The van der Waals surface area contributed by atoms with Crippen molar-refractivity contribution in [2.24, 2.45) is 0 Å². The maximum Gasteiger partial charge on any atom is 0.431 e. The number of esters is 1. The van der Waals surface area contributed by atoms with Crippen molar-refractivity contribution in [3.63, 3.8) is 0 Å². The topological polar surface area (TPSA) is 69.0 Å². The molecule has 3 rings (SSSR count). The minimum absolute atomic E-state index is 0.137. The second-order valence-electron chi connectivity index (χ2n) is 5.08. The summed E-state index contributed by atoms with van der Waals surface area (Å²) in [5, 5.41) is 5.88. The zero-order valence-corrected chi connectivity index (χ0v) is 12.8. The molecule has 6 nitrogen and oxygen atoms in total. The number of carbonyl (C=O) groups excluding carboxylic acids is 1. The number of allylic oxidation sites excluding steroid dienone is 1. The van der Waals surface area contributed by atoms with Crippen molar-refractivity contribution in [1.82, 2.24) is 14.8 Å². The number of carbonyl (C=O) groups is 1. The zero-order chi connectivity index (χ0) is 18.2. The molecule has 1 aromatic heterocycles. The van der Waals surface area contributed by atoms with Crippen LogP contribution in [0.2, 0.25) is 0 Å². The predicted molar refractivity (Wildman–Crippen MR) is 77.9 cm³/mol. The van der Waals surface area contributed by atoms with Crippen molar-refractivity contribution in [2.45, 2.75) is 19.1 Å². The average molecular weight is 356 g/mol. The van der Waals surface area contributed by atoms with Crippen molar-refractivity contribution in [1.29, 1.82) is 0 Å². The molecule has 1 aliphatic heterocycles. The predicted octanol–water partition coefficient (Wildman–Crippen LogP) is 2.81. The van der Waals surface area contributed by atoms with E-state index in [4.69, 9.17) is 4.74 Å². The SMILES string of the molecule is CCOC(=O)C1=C(C(F)(F)F)Nc2ncnn2C1c1ccccc1F. The third-order valence-electron chi connectivity index (χ3n) is 3.58. The summed E-state index contributed by atoms with van der Waals surface area (Å²) in [5.41, 5.74) is -2.28. The Kier molecular flexibility index (Phi) is 4.19. The number of aromatic nitrogens is 3. The first kappa shape index (κ1) is 16.9. The molecule has 0 fully saturated rings. The van der Waals surface area contributed by atoms with Gasteiger partial charge in [-0.3, -0.25) is 0 Å². The Balaban J connectivity index is 2.28. The van der Waals surface area contributed by atoms with Crippen molar-refractivity contribution in [3.8, 4) is 0 Å². The number of nitrogens with one attached hydrogen (secondary N) is 1. The maximum absolute atomic E-state index is 14.3. The fourth-order valence-corrected chi connectivity index (χ4v) is 2.60. The van der Waals surface area contributed by atoms with Crippen LogP contribution in [0.5, 0.6) is 0 Å². The fourth-order valence-electron chi connectivity index (χ4n) is 2.60. The van der Waals surface area contributed by atoms with Gasteiger partial charge in [-0.05, 0) is 13.0 Å². The molecule has 0 spiro atoms. The van der Waals surface area contributed by atoms with E-state index >= 15 is 0 Å². The van der Waals surface area contributed by atoms with Gasteiger partial charge in [0.2, 0.25) is 5.95 Å². The van der Waals surface area contributed by atoms with Crippen LogP contribution in [-0.2, 0) is 9.53 Å². The number of hydrogen-bond acceptors (Lipinski definition) is 5. The normalized spacial score (nSPS) is 17.1. The number of benzene rings is 1. The summed E-state index contributed by atoms with van der Waals surface area (Å²) in [4.78, 5) is 16.0. The van der Waals surface area contributed by atoms with Crippen LogP contribution in [0.25, 0.3) is 0 Å². The van der Waals surface area contributed by atoms with Crippen LogP contribution in [0.15, 0.2) is 41.9 Å². The summed E-state index contributed by atoms with van der Waals surface area (Å²) in [6, 6.07) is 3.75. The van der Waals surface area contributed by atoms with E-state index < -0.39 is 35.3 Å². The van der Waals surface area contributed by atoms with Crippen LogP contribution in [-0.4, -0.2) is 33.5 Å². The number of ether oxygens (including phenoxy) is 1. The van der Waals surface area contributed by atoms with Gasteiger partial charge in [0.1, 0.15) is 23.9 Å². The van der Waals surface area contributed by atoms with Crippen LogP contribution >= 0.6 is 0 Å². The Morgan fingerprint density at radius 1 is 1.36 bits per heavy atom. The number of nitrogens with zero attached hydrogens (tertiary/aromatic N) is 3. The fraction of sp³-hybridized carbons (Fsp3) is 0.267. The van der Waals surface area contributed by atoms with E-state index in [1.54, 1.807) is 0 Å². The van der Waals surface area contributed by atoms with Crippen LogP contribution < -0.4 is 5.32 Å². The highest BCUT2D eigenvalue weighted by Crippen LogP contribution is 2.41. The standard InChI is InChI=1S/C15H12F4N4O2/c1-2-25-13(24)10-11(8-5-3-4-6-9(8)16)23-14(20-7-21-23)22-12(10)15(17,18)19/h3-7,11H,2H2,1H3,(H,20,21,22). The van der Waals surface area contributed by atoms with Crippen LogP contribution in [0.3, 0.4) is 0 Å². The lowest BCUT2D eigenvalue weighted by Gasteiger charge is -2.30. The summed E-state index contributed by atoms with van der Waals surface area (Å²) >= 11 is 0. The first-order chi connectivity index (χ1) is 11.8. The third kappa shape index (κ3) is 2.94. The van der Waals surface area contributed by atoms with Crippen molar-refractivity contribution < 1.29 is 27.1 Å². The molecule has 2 heterocycles. The minimum Gasteiger partial charge on any atom is -0.463 e. The molecule has 25 heavy (non-hydrogen) atoms. The van der Waals surface area contributed by atoms with E-state index in [0.717, 1.165) is 17.1 Å². The van der Waals surface area contributed by atoms with Gasteiger partial charge in [-0.1, -0.05) is 18.2 Å². The Morgan fingerprint density at radius 2 is 2.08 bits per heavy atom. The smallest absolute Gasteiger partial charge is 0.431 e. The molecule has 1 N–H and O–H groups in total. The molecule has 1 aromatic carbocycles. The van der Waals surface area contributed by atoms with E-state index in [2.05, 4.69) is 10.1 Å². The first-order valence-corrected chi connectivity index (χ1v) is 7.24. The quantitative estimate of drug-likeness (QED) is 0.677. The molecular weight excluding hydrogens is 344 g/mol. The molecule has 0 aliphatic carbocycles. The summed E-state index contributed by atoms with van der Waals surface area (Å²) < 4.78 is 60.6. The Labute approximate surface area is 139 Å². The molecule has 0 saturated heterocycles. The van der Waals surface area contributed by atoms with E-state index in [1.807, 2.05) is 5.32 Å². The number of halogens is 4. The molecule has 0 saturated carbocycles. The maximum atomic E-state index is 14.3. The molecule has 0 amide bonds. The monoisotopic (exact) mass is 356 g/mol. The molecule has 1 aliphatic rings. The number of anilines is 1. The lowest BCUT2D eigenvalue weighted by Crippen LogP contribution is -2.36. The highest BCUT2D eigenvalue weighted by Gasteiger charge is 2.47. The molecule has 132 valence electrons. The minimum atomic E-state index is -4.90. The molecule has 2 aromatic rings. The number of hydrogen-bond donors (Lipinski definition) is 1. The van der Waals surface area contributed by atoms with E-state index in [0.29, 0.717) is 0 Å². The second kappa shape index (κ2) is 6.19. The Bertz CT molecular complexity index is 844. The van der Waals surface area contributed by atoms with E-state index in [-0.39, 0.29) is 18.1 Å². The second-order valence-corrected chi connectivity index (χ2v) is 5.08. The number of alkyl halides is 3. The van der Waals surface area contributed by atoms with E-state index in [1.165, 1.54) is 25.1 Å². The lowest BCUT2D eigenvalue weighted by molar-refractivity contribution is -0.140. The van der Waals surface area contributed by atoms with Gasteiger partial charge in [-0.15, -0.1) is 0 Å². The van der Waals surface area contributed by atoms with Gasteiger partial charge in [0, 0.05) is 5.56 Å². The molecule has 1 atom stereocenters. The lowest BCUT2D eigenvalue weighted by atomic mass is 9.94.